The first-order chi connectivity index (χ1) is 9.27. The van der Waals surface area contributed by atoms with Crippen LogP contribution in [0.3, 0.4) is 0 Å². The van der Waals surface area contributed by atoms with E-state index in [2.05, 4.69) is 4.98 Å². The second-order valence-corrected chi connectivity index (χ2v) is 5.22. The Labute approximate surface area is 119 Å². The molecule has 0 fully saturated rings. The van der Waals surface area contributed by atoms with Gasteiger partial charge in [0.25, 0.3) is 0 Å². The summed E-state index contributed by atoms with van der Waals surface area (Å²) in [4.78, 5) is 4.09. The lowest BCUT2D eigenvalue weighted by Crippen LogP contribution is -2.06. The quantitative estimate of drug-likeness (QED) is 0.792. The summed E-state index contributed by atoms with van der Waals surface area (Å²) in [6, 6.07) is 3.84. The average molecular weight is 304 g/mol. The van der Waals surface area contributed by atoms with Crippen molar-refractivity contribution in [3.63, 3.8) is 0 Å². The predicted molar refractivity (Wildman–Crippen MR) is 69.9 cm³/mol. The minimum absolute atomic E-state index is 0.139. The molecule has 0 spiro atoms. The van der Waals surface area contributed by atoms with Crippen molar-refractivity contribution in [2.45, 2.75) is 32.4 Å². The fourth-order valence-corrected chi connectivity index (χ4v) is 2.00. The number of rotatable bonds is 3. The minimum Gasteiger partial charge on any atom is -0.445 e. The number of halogens is 4. The SMILES string of the molecule is CC(C)c1ncc(Cc2ccc(Cl)c(C(F)(F)F)c2)o1. The third-order valence-corrected chi connectivity index (χ3v) is 3.11. The highest BCUT2D eigenvalue weighted by molar-refractivity contribution is 6.31. The Hall–Kier alpha value is -1.49. The summed E-state index contributed by atoms with van der Waals surface area (Å²) in [5, 5.41) is -0.304. The first kappa shape index (κ1) is 14.9. The van der Waals surface area contributed by atoms with Crippen molar-refractivity contribution >= 4 is 11.6 Å². The van der Waals surface area contributed by atoms with Crippen LogP contribution in [0, 0.1) is 0 Å². The standard InChI is InChI=1S/C14H13ClF3NO/c1-8(2)13-19-7-10(20-13)5-9-3-4-12(15)11(6-9)14(16,17)18/h3-4,6-8H,5H2,1-2H3. The van der Waals surface area contributed by atoms with Crippen molar-refractivity contribution in [2.24, 2.45) is 0 Å². The van der Waals surface area contributed by atoms with Crippen LogP contribution in [-0.4, -0.2) is 4.98 Å². The molecule has 2 aromatic rings. The zero-order valence-electron chi connectivity index (χ0n) is 11.0. The van der Waals surface area contributed by atoms with Crippen molar-refractivity contribution in [1.82, 2.24) is 4.98 Å². The number of nitrogens with zero attached hydrogens (tertiary/aromatic N) is 1. The fraction of sp³-hybridized carbons (Fsp3) is 0.357. The van der Waals surface area contributed by atoms with E-state index in [0.717, 1.165) is 6.07 Å². The molecule has 0 N–H and O–H groups in total. The Morgan fingerprint density at radius 1 is 1.30 bits per heavy atom. The first-order valence-corrected chi connectivity index (χ1v) is 6.45. The van der Waals surface area contributed by atoms with E-state index >= 15 is 0 Å². The molecule has 0 aliphatic carbocycles. The van der Waals surface area contributed by atoms with Gasteiger partial charge in [0, 0.05) is 12.3 Å². The number of aromatic nitrogens is 1. The van der Waals surface area contributed by atoms with Gasteiger partial charge in [-0.25, -0.2) is 4.98 Å². The van der Waals surface area contributed by atoms with Crippen molar-refractivity contribution in [2.75, 3.05) is 0 Å². The lowest BCUT2D eigenvalue weighted by molar-refractivity contribution is -0.137. The van der Waals surface area contributed by atoms with Crippen LogP contribution >= 0.6 is 11.6 Å². The van der Waals surface area contributed by atoms with Gasteiger partial charge in [-0.2, -0.15) is 13.2 Å². The van der Waals surface area contributed by atoms with Crippen LogP contribution in [-0.2, 0) is 12.6 Å². The molecule has 0 amide bonds. The molecule has 0 radical (unpaired) electrons. The van der Waals surface area contributed by atoms with Gasteiger partial charge in [-0.3, -0.25) is 0 Å². The van der Waals surface area contributed by atoms with Crippen LogP contribution in [0.1, 0.15) is 42.5 Å². The van der Waals surface area contributed by atoms with Gasteiger partial charge in [-0.1, -0.05) is 31.5 Å². The number of alkyl halides is 3. The van der Waals surface area contributed by atoms with Gasteiger partial charge in [-0.05, 0) is 17.7 Å². The van der Waals surface area contributed by atoms with Crippen LogP contribution < -0.4 is 0 Å². The van der Waals surface area contributed by atoms with E-state index in [-0.39, 0.29) is 17.4 Å². The molecule has 108 valence electrons. The van der Waals surface area contributed by atoms with Crippen molar-refractivity contribution in [1.29, 1.82) is 0 Å². The Morgan fingerprint density at radius 2 is 2.00 bits per heavy atom. The summed E-state index contributed by atoms with van der Waals surface area (Å²) in [6.07, 6.45) is -2.67. The highest BCUT2D eigenvalue weighted by Gasteiger charge is 2.33. The lowest BCUT2D eigenvalue weighted by atomic mass is 10.1. The summed E-state index contributed by atoms with van der Waals surface area (Å²) < 4.78 is 43.8. The number of hydrogen-bond donors (Lipinski definition) is 0. The number of hydrogen-bond acceptors (Lipinski definition) is 2. The zero-order valence-corrected chi connectivity index (χ0v) is 11.7. The highest BCUT2D eigenvalue weighted by atomic mass is 35.5. The topological polar surface area (TPSA) is 26.0 Å². The Kier molecular flexibility index (Phi) is 4.09. The van der Waals surface area contributed by atoms with E-state index in [4.69, 9.17) is 16.0 Å². The Morgan fingerprint density at radius 3 is 2.55 bits per heavy atom. The molecule has 2 nitrogen and oxygen atoms in total. The fourth-order valence-electron chi connectivity index (χ4n) is 1.77. The van der Waals surface area contributed by atoms with E-state index in [9.17, 15) is 13.2 Å². The molecule has 0 saturated carbocycles. The third kappa shape index (κ3) is 3.33. The minimum atomic E-state index is -4.46. The number of oxazole rings is 1. The van der Waals surface area contributed by atoms with Crippen LogP contribution in [0.15, 0.2) is 28.8 Å². The van der Waals surface area contributed by atoms with E-state index in [1.165, 1.54) is 12.3 Å². The molecule has 0 saturated heterocycles. The molecule has 0 aliphatic rings. The van der Waals surface area contributed by atoms with Crippen molar-refractivity contribution in [3.8, 4) is 0 Å². The monoisotopic (exact) mass is 303 g/mol. The summed E-state index contributed by atoms with van der Waals surface area (Å²) in [5.74, 6) is 1.24. The molecule has 6 heteroatoms. The molecule has 0 unspecified atom stereocenters. The molecular formula is C14H13ClF3NO. The number of benzene rings is 1. The zero-order chi connectivity index (χ0) is 14.9. The second-order valence-electron chi connectivity index (χ2n) is 4.81. The molecule has 0 bridgehead atoms. The van der Waals surface area contributed by atoms with Gasteiger partial charge in [0.05, 0.1) is 16.8 Å². The van der Waals surface area contributed by atoms with E-state index in [0.29, 0.717) is 17.2 Å². The van der Waals surface area contributed by atoms with Crippen LogP contribution in [0.4, 0.5) is 13.2 Å². The normalized spacial score (nSPS) is 12.2. The van der Waals surface area contributed by atoms with Crippen LogP contribution in [0.25, 0.3) is 0 Å². The maximum Gasteiger partial charge on any atom is 0.417 e. The van der Waals surface area contributed by atoms with Gasteiger partial charge in [0.2, 0.25) is 0 Å². The Balaban J connectivity index is 2.25. The lowest BCUT2D eigenvalue weighted by Gasteiger charge is -2.10. The third-order valence-electron chi connectivity index (χ3n) is 2.78. The summed E-state index contributed by atoms with van der Waals surface area (Å²) in [6.45, 7) is 3.86. The van der Waals surface area contributed by atoms with Gasteiger partial charge in [0.15, 0.2) is 5.89 Å². The van der Waals surface area contributed by atoms with Gasteiger partial charge in [-0.15, -0.1) is 0 Å². The van der Waals surface area contributed by atoms with Crippen LogP contribution in [0.5, 0.6) is 0 Å². The summed E-state index contributed by atoms with van der Waals surface area (Å²) in [5.41, 5.74) is -0.353. The molecule has 0 aliphatic heterocycles. The molecule has 2 rings (SSSR count). The maximum atomic E-state index is 12.8. The second kappa shape index (κ2) is 5.48. The van der Waals surface area contributed by atoms with E-state index in [1.54, 1.807) is 6.07 Å². The molecular weight excluding hydrogens is 291 g/mol. The summed E-state index contributed by atoms with van der Waals surface area (Å²) >= 11 is 5.57. The molecule has 1 aromatic carbocycles. The van der Waals surface area contributed by atoms with Crippen molar-refractivity contribution < 1.29 is 17.6 Å². The van der Waals surface area contributed by atoms with E-state index < -0.39 is 11.7 Å². The molecule has 20 heavy (non-hydrogen) atoms. The van der Waals surface area contributed by atoms with Gasteiger partial charge < -0.3 is 4.42 Å². The molecule has 1 heterocycles. The average Bonchev–Trinajstić information content (AvgIpc) is 2.79. The summed E-state index contributed by atoms with van der Waals surface area (Å²) in [7, 11) is 0. The van der Waals surface area contributed by atoms with Gasteiger partial charge in [0.1, 0.15) is 5.76 Å². The predicted octanol–water partition coefficient (Wildman–Crippen LogP) is 5.06. The molecule has 1 aromatic heterocycles. The largest absolute Gasteiger partial charge is 0.445 e. The van der Waals surface area contributed by atoms with E-state index in [1.807, 2.05) is 13.8 Å². The van der Waals surface area contributed by atoms with Crippen molar-refractivity contribution in [3.05, 3.63) is 52.2 Å². The Bertz CT molecular complexity index is 605. The van der Waals surface area contributed by atoms with Gasteiger partial charge >= 0.3 is 6.18 Å². The maximum absolute atomic E-state index is 12.8. The first-order valence-electron chi connectivity index (χ1n) is 6.07. The highest BCUT2D eigenvalue weighted by Crippen LogP contribution is 2.35. The van der Waals surface area contributed by atoms with Crippen LogP contribution in [0.2, 0.25) is 5.02 Å². The smallest absolute Gasteiger partial charge is 0.417 e. The molecule has 0 atom stereocenters.